The maximum absolute atomic E-state index is 12.5. The van der Waals surface area contributed by atoms with E-state index in [4.69, 9.17) is 9.47 Å². The van der Waals surface area contributed by atoms with Gasteiger partial charge in [0.1, 0.15) is 5.75 Å². The average Bonchev–Trinajstić information content (AvgIpc) is 3.19. The number of Topliss-reactive ketones (excluding diaryl/α,β-unsaturated/α-hetero) is 2. The topological polar surface area (TPSA) is 69.7 Å². The molecule has 0 aromatic heterocycles. The predicted molar refractivity (Wildman–Crippen MR) is 117 cm³/mol. The van der Waals surface area contributed by atoms with Gasteiger partial charge in [-0.15, -0.1) is 0 Å². The van der Waals surface area contributed by atoms with Gasteiger partial charge in [-0.1, -0.05) is 43.3 Å². The summed E-state index contributed by atoms with van der Waals surface area (Å²) in [6.07, 6.45) is 1.29. The molecule has 5 heteroatoms. The molecular weight excluding hydrogens is 392 g/mol. The van der Waals surface area contributed by atoms with Crippen LogP contribution in [0.15, 0.2) is 66.7 Å². The smallest absolute Gasteiger partial charge is 0.344 e. The minimum atomic E-state index is -0.631. The van der Waals surface area contributed by atoms with Gasteiger partial charge < -0.3 is 9.47 Å². The SMILES string of the molecule is CCC(=O)c1ccc(OCC(=O)OCC(=O)c2ccc3c(c2)-c2ccccc2C3)cc1. The normalized spacial score (nSPS) is 11.4. The molecule has 0 heterocycles. The molecule has 5 nitrogen and oxygen atoms in total. The number of ether oxygens (including phenoxy) is 2. The van der Waals surface area contributed by atoms with Crippen molar-refractivity contribution in [2.24, 2.45) is 0 Å². The van der Waals surface area contributed by atoms with E-state index in [1.54, 1.807) is 37.3 Å². The van der Waals surface area contributed by atoms with Crippen molar-refractivity contribution >= 4 is 17.5 Å². The van der Waals surface area contributed by atoms with Crippen molar-refractivity contribution in [2.45, 2.75) is 19.8 Å². The highest BCUT2D eigenvalue weighted by molar-refractivity contribution is 5.99. The van der Waals surface area contributed by atoms with Crippen LogP contribution in [0.25, 0.3) is 11.1 Å². The van der Waals surface area contributed by atoms with Crippen molar-refractivity contribution in [1.29, 1.82) is 0 Å². The van der Waals surface area contributed by atoms with E-state index in [0.717, 1.165) is 17.5 Å². The van der Waals surface area contributed by atoms with Crippen molar-refractivity contribution in [1.82, 2.24) is 0 Å². The number of fused-ring (bicyclic) bond motifs is 3. The summed E-state index contributed by atoms with van der Waals surface area (Å²) < 4.78 is 10.5. The second kappa shape index (κ2) is 8.96. The number of carbonyl (C=O) groups is 3. The molecule has 3 aromatic rings. The van der Waals surface area contributed by atoms with Gasteiger partial charge in [0, 0.05) is 17.5 Å². The van der Waals surface area contributed by atoms with Gasteiger partial charge >= 0.3 is 5.97 Å². The van der Waals surface area contributed by atoms with Gasteiger partial charge in [-0.3, -0.25) is 9.59 Å². The Hall–Kier alpha value is -3.73. The second-order valence-corrected chi connectivity index (χ2v) is 7.38. The lowest BCUT2D eigenvalue weighted by atomic mass is 10.0. The van der Waals surface area contributed by atoms with Gasteiger partial charge in [-0.25, -0.2) is 4.79 Å². The van der Waals surface area contributed by atoms with Crippen LogP contribution in [0.1, 0.15) is 45.2 Å². The second-order valence-electron chi connectivity index (χ2n) is 7.38. The Kier molecular flexibility index (Phi) is 5.94. The van der Waals surface area contributed by atoms with Crippen LogP contribution in [0.4, 0.5) is 0 Å². The number of hydrogen-bond acceptors (Lipinski definition) is 5. The molecule has 0 saturated heterocycles. The van der Waals surface area contributed by atoms with Crippen molar-refractivity contribution in [3.05, 3.63) is 89.0 Å². The third kappa shape index (κ3) is 4.56. The van der Waals surface area contributed by atoms with Crippen molar-refractivity contribution in [2.75, 3.05) is 13.2 Å². The zero-order valence-corrected chi connectivity index (χ0v) is 17.2. The van der Waals surface area contributed by atoms with E-state index in [1.807, 2.05) is 24.3 Å². The molecule has 31 heavy (non-hydrogen) atoms. The Morgan fingerprint density at radius 3 is 2.26 bits per heavy atom. The van der Waals surface area contributed by atoms with E-state index >= 15 is 0 Å². The molecule has 156 valence electrons. The first-order valence-corrected chi connectivity index (χ1v) is 10.2. The van der Waals surface area contributed by atoms with Gasteiger partial charge in [0.05, 0.1) is 0 Å². The molecule has 0 spiro atoms. The first-order valence-electron chi connectivity index (χ1n) is 10.2. The van der Waals surface area contributed by atoms with Crippen molar-refractivity contribution in [3.8, 4) is 16.9 Å². The molecule has 0 N–H and O–H groups in total. The summed E-state index contributed by atoms with van der Waals surface area (Å²) in [6.45, 7) is 1.14. The molecule has 0 aliphatic heterocycles. The molecule has 1 aliphatic carbocycles. The molecule has 0 bridgehead atoms. The van der Waals surface area contributed by atoms with Crippen LogP contribution in [0.5, 0.6) is 5.75 Å². The number of benzene rings is 3. The third-order valence-corrected chi connectivity index (χ3v) is 5.34. The summed E-state index contributed by atoms with van der Waals surface area (Å²) in [6, 6.07) is 20.3. The summed E-state index contributed by atoms with van der Waals surface area (Å²) in [4.78, 5) is 36.1. The highest BCUT2D eigenvalue weighted by Crippen LogP contribution is 2.36. The zero-order chi connectivity index (χ0) is 21.8. The van der Waals surface area contributed by atoms with Crippen LogP contribution in [0, 0.1) is 0 Å². The lowest BCUT2D eigenvalue weighted by molar-refractivity contribution is -0.144. The Morgan fingerprint density at radius 2 is 1.48 bits per heavy atom. The third-order valence-electron chi connectivity index (χ3n) is 5.34. The van der Waals surface area contributed by atoms with Crippen LogP contribution in [-0.4, -0.2) is 30.7 Å². The fraction of sp³-hybridized carbons (Fsp3) is 0.192. The quantitative estimate of drug-likeness (QED) is 0.310. The molecule has 4 rings (SSSR count). The van der Waals surface area contributed by atoms with Gasteiger partial charge in [0.2, 0.25) is 0 Å². The largest absolute Gasteiger partial charge is 0.482 e. The fourth-order valence-corrected chi connectivity index (χ4v) is 3.65. The number of hydrogen-bond donors (Lipinski definition) is 0. The zero-order valence-electron chi connectivity index (χ0n) is 17.2. The molecule has 0 radical (unpaired) electrons. The predicted octanol–water partition coefficient (Wildman–Crippen LogP) is 4.66. The lowest BCUT2D eigenvalue weighted by Gasteiger charge is -2.08. The number of carbonyl (C=O) groups excluding carboxylic acids is 3. The number of ketones is 2. The summed E-state index contributed by atoms with van der Waals surface area (Å²) in [7, 11) is 0. The number of esters is 1. The Bertz CT molecular complexity index is 1140. The van der Waals surface area contributed by atoms with Crippen molar-refractivity contribution < 1.29 is 23.9 Å². The molecule has 0 saturated carbocycles. The first-order chi connectivity index (χ1) is 15.0. The van der Waals surface area contributed by atoms with Gasteiger partial charge in [-0.2, -0.15) is 0 Å². The summed E-state index contributed by atoms with van der Waals surface area (Å²) in [5.74, 6) is -0.399. The van der Waals surface area contributed by atoms with E-state index in [0.29, 0.717) is 23.3 Å². The van der Waals surface area contributed by atoms with Crippen LogP contribution >= 0.6 is 0 Å². The minimum Gasteiger partial charge on any atom is -0.482 e. The Balaban J connectivity index is 1.30. The minimum absolute atomic E-state index is 0.0412. The van der Waals surface area contributed by atoms with E-state index in [1.165, 1.54) is 11.1 Å². The van der Waals surface area contributed by atoms with Crippen molar-refractivity contribution in [3.63, 3.8) is 0 Å². The standard InChI is InChI=1S/C26H22O5/c1-2-24(27)17-9-11-21(12-10-17)30-16-26(29)31-15-25(28)20-8-7-19-13-18-5-3-4-6-22(18)23(19)14-20/h3-12,14H,2,13,15-16H2,1H3. The Labute approximate surface area is 180 Å². The Morgan fingerprint density at radius 1 is 0.774 bits per heavy atom. The summed E-state index contributed by atoms with van der Waals surface area (Å²) in [5, 5.41) is 0. The summed E-state index contributed by atoms with van der Waals surface area (Å²) >= 11 is 0. The van der Waals surface area contributed by atoms with Gasteiger partial charge in [0.15, 0.2) is 24.8 Å². The van der Waals surface area contributed by atoms with Crippen LogP contribution in [0.3, 0.4) is 0 Å². The molecule has 3 aromatic carbocycles. The molecule has 0 amide bonds. The van der Waals surface area contributed by atoms with Crippen LogP contribution < -0.4 is 4.74 Å². The van der Waals surface area contributed by atoms with Gasteiger partial charge in [0.25, 0.3) is 0 Å². The van der Waals surface area contributed by atoms with E-state index < -0.39 is 5.97 Å². The van der Waals surface area contributed by atoms with E-state index in [-0.39, 0.29) is 24.8 Å². The first kappa shape index (κ1) is 20.5. The van der Waals surface area contributed by atoms with E-state index in [9.17, 15) is 14.4 Å². The summed E-state index contributed by atoms with van der Waals surface area (Å²) in [5.41, 5.74) is 5.75. The fourth-order valence-electron chi connectivity index (χ4n) is 3.65. The van der Waals surface area contributed by atoms with E-state index in [2.05, 4.69) is 12.1 Å². The maximum atomic E-state index is 12.5. The lowest BCUT2D eigenvalue weighted by Crippen LogP contribution is -2.19. The molecule has 0 unspecified atom stereocenters. The maximum Gasteiger partial charge on any atom is 0.344 e. The molecule has 0 fully saturated rings. The molecule has 1 aliphatic rings. The number of rotatable bonds is 8. The monoisotopic (exact) mass is 414 g/mol. The van der Waals surface area contributed by atoms with Crippen LogP contribution in [-0.2, 0) is 16.0 Å². The van der Waals surface area contributed by atoms with Gasteiger partial charge in [-0.05, 0) is 59.0 Å². The highest BCUT2D eigenvalue weighted by Gasteiger charge is 2.20. The van der Waals surface area contributed by atoms with Crippen LogP contribution in [0.2, 0.25) is 0 Å². The highest BCUT2D eigenvalue weighted by atomic mass is 16.6. The molecule has 0 atom stereocenters. The average molecular weight is 414 g/mol. The molecular formula is C26H22O5.